The molecule has 1 saturated carbocycles. The molecule has 2 aromatic rings. The molecule has 1 aliphatic heterocycles. The minimum atomic E-state index is -3.26. The van der Waals surface area contributed by atoms with E-state index in [2.05, 4.69) is 24.2 Å². The number of carbonyl (C=O) groups is 1. The van der Waals surface area contributed by atoms with Crippen LogP contribution in [0.1, 0.15) is 30.0 Å². The molecule has 2 aliphatic carbocycles. The van der Waals surface area contributed by atoms with E-state index in [1.165, 1.54) is 11.8 Å². The molecule has 1 spiro atoms. The SMILES string of the molecule is CN1CC23Cc4ccc(O)cc4[C@@](C)(C2)[C@@H](NC(=O)Cc2ccc(S(C)(=O)=O)cc2)[C@H]13. The number of amides is 1. The number of aromatic hydroxyl groups is 1. The zero-order valence-electron chi connectivity index (χ0n) is 18.1. The van der Waals surface area contributed by atoms with Crippen molar-refractivity contribution in [3.05, 3.63) is 59.2 Å². The number of rotatable bonds is 4. The Morgan fingerprint density at radius 1 is 1.23 bits per heavy atom. The van der Waals surface area contributed by atoms with Crippen molar-refractivity contribution in [3.8, 4) is 5.75 Å². The van der Waals surface area contributed by atoms with Gasteiger partial charge in [-0.1, -0.05) is 25.1 Å². The van der Waals surface area contributed by atoms with E-state index in [0.717, 1.165) is 30.5 Å². The third-order valence-electron chi connectivity index (χ3n) is 7.67. The fourth-order valence-electron chi connectivity index (χ4n) is 6.62. The van der Waals surface area contributed by atoms with Gasteiger partial charge in [-0.2, -0.15) is 0 Å². The van der Waals surface area contributed by atoms with Crippen molar-refractivity contribution < 1.29 is 18.3 Å². The first-order chi connectivity index (χ1) is 14.5. The highest BCUT2D eigenvalue weighted by atomic mass is 32.2. The maximum Gasteiger partial charge on any atom is 0.224 e. The van der Waals surface area contributed by atoms with Gasteiger partial charge in [-0.15, -0.1) is 0 Å². The number of sulfone groups is 1. The minimum absolute atomic E-state index is 0.0444. The third kappa shape index (κ3) is 3.09. The first-order valence-electron chi connectivity index (χ1n) is 10.6. The molecule has 6 nitrogen and oxygen atoms in total. The molecule has 5 rings (SSSR count). The van der Waals surface area contributed by atoms with Crippen molar-refractivity contribution in [2.45, 2.75) is 48.6 Å². The van der Waals surface area contributed by atoms with Crippen LogP contribution in [0, 0.1) is 5.41 Å². The van der Waals surface area contributed by atoms with E-state index >= 15 is 0 Å². The number of likely N-dealkylation sites (N-methyl/N-ethyl adjacent to an activating group) is 1. The summed E-state index contributed by atoms with van der Waals surface area (Å²) in [7, 11) is -1.14. The number of phenols is 1. The molecule has 0 aromatic heterocycles. The van der Waals surface area contributed by atoms with Crippen LogP contribution in [0.4, 0.5) is 0 Å². The van der Waals surface area contributed by atoms with E-state index in [-0.39, 0.29) is 45.9 Å². The summed E-state index contributed by atoms with van der Waals surface area (Å²) >= 11 is 0. The van der Waals surface area contributed by atoms with E-state index in [9.17, 15) is 18.3 Å². The number of fused-ring (bicyclic) bond motifs is 3. The Morgan fingerprint density at radius 2 is 1.94 bits per heavy atom. The van der Waals surface area contributed by atoms with Gasteiger partial charge in [0.1, 0.15) is 5.75 Å². The van der Waals surface area contributed by atoms with Gasteiger partial charge < -0.3 is 15.3 Å². The number of nitrogens with zero attached hydrogens (tertiary/aromatic N) is 1. The van der Waals surface area contributed by atoms with Crippen molar-refractivity contribution in [1.82, 2.24) is 10.2 Å². The molecule has 1 heterocycles. The summed E-state index contributed by atoms with van der Waals surface area (Å²) in [6, 6.07) is 12.4. The van der Waals surface area contributed by atoms with Crippen LogP contribution in [0.5, 0.6) is 5.75 Å². The van der Waals surface area contributed by atoms with Crippen LogP contribution in [0.3, 0.4) is 0 Å². The highest BCUT2D eigenvalue weighted by molar-refractivity contribution is 7.90. The Morgan fingerprint density at radius 3 is 2.58 bits per heavy atom. The zero-order chi connectivity index (χ0) is 22.2. The van der Waals surface area contributed by atoms with Crippen molar-refractivity contribution >= 4 is 15.7 Å². The normalized spacial score (nSPS) is 31.5. The van der Waals surface area contributed by atoms with Crippen molar-refractivity contribution in [2.24, 2.45) is 5.41 Å². The molecule has 7 heteroatoms. The smallest absolute Gasteiger partial charge is 0.224 e. The molecular formula is C24H28N2O4S. The monoisotopic (exact) mass is 440 g/mol. The fourth-order valence-corrected chi connectivity index (χ4v) is 7.25. The minimum Gasteiger partial charge on any atom is -0.508 e. The largest absolute Gasteiger partial charge is 0.508 e. The Bertz CT molecular complexity index is 1180. The van der Waals surface area contributed by atoms with Crippen molar-refractivity contribution in [1.29, 1.82) is 0 Å². The molecule has 31 heavy (non-hydrogen) atoms. The van der Waals surface area contributed by atoms with Crippen LogP contribution in [0.15, 0.2) is 47.4 Å². The van der Waals surface area contributed by atoms with E-state index < -0.39 is 9.84 Å². The van der Waals surface area contributed by atoms with Crippen molar-refractivity contribution in [2.75, 3.05) is 19.8 Å². The Balaban J connectivity index is 1.41. The third-order valence-corrected chi connectivity index (χ3v) is 8.80. The number of hydrogen-bond donors (Lipinski definition) is 2. The van der Waals surface area contributed by atoms with Gasteiger partial charge in [-0.3, -0.25) is 4.79 Å². The number of nitrogens with one attached hydrogen (secondary N) is 1. The molecule has 1 unspecified atom stereocenters. The van der Waals surface area contributed by atoms with Crippen LogP contribution in [-0.2, 0) is 32.9 Å². The van der Waals surface area contributed by atoms with Gasteiger partial charge in [0, 0.05) is 29.7 Å². The molecule has 1 saturated heterocycles. The summed E-state index contributed by atoms with van der Waals surface area (Å²) < 4.78 is 23.3. The van der Waals surface area contributed by atoms with Crippen LogP contribution in [0.25, 0.3) is 0 Å². The van der Waals surface area contributed by atoms with Gasteiger partial charge in [0.05, 0.1) is 17.4 Å². The number of likely N-dealkylation sites (tertiary alicyclic amines) is 1. The lowest BCUT2D eigenvalue weighted by atomic mass is 9.63. The molecule has 0 radical (unpaired) electrons. The van der Waals surface area contributed by atoms with E-state index in [0.29, 0.717) is 0 Å². The molecule has 2 N–H and O–H groups in total. The van der Waals surface area contributed by atoms with Gasteiger partial charge in [-0.05, 0) is 60.8 Å². The molecule has 1 amide bonds. The second-order valence-corrected chi connectivity index (χ2v) is 12.0. The molecule has 2 aromatic carbocycles. The van der Waals surface area contributed by atoms with Gasteiger partial charge in [0.2, 0.25) is 5.91 Å². The molecule has 2 fully saturated rings. The Hall–Kier alpha value is -2.38. The highest BCUT2D eigenvalue weighted by Gasteiger charge is 2.69. The lowest BCUT2D eigenvalue weighted by Gasteiger charge is -2.54. The molecular weight excluding hydrogens is 412 g/mol. The number of hydrogen-bond acceptors (Lipinski definition) is 5. The first kappa shape index (κ1) is 20.5. The molecule has 4 atom stereocenters. The summed E-state index contributed by atoms with van der Waals surface area (Å²) in [5.41, 5.74) is 3.13. The average Bonchev–Trinajstić information content (AvgIpc) is 2.83. The summed E-state index contributed by atoms with van der Waals surface area (Å²) in [5.74, 6) is 0.197. The molecule has 2 bridgehead atoms. The summed E-state index contributed by atoms with van der Waals surface area (Å²) in [6.07, 6.45) is 3.35. The summed E-state index contributed by atoms with van der Waals surface area (Å²) in [4.78, 5) is 15.6. The van der Waals surface area contributed by atoms with Crippen molar-refractivity contribution in [3.63, 3.8) is 0 Å². The van der Waals surface area contributed by atoms with Crippen LogP contribution in [0.2, 0.25) is 0 Å². The fraction of sp³-hybridized carbons (Fsp3) is 0.458. The van der Waals surface area contributed by atoms with E-state index in [4.69, 9.17) is 0 Å². The molecule has 3 aliphatic rings. The summed E-state index contributed by atoms with van der Waals surface area (Å²) in [6.45, 7) is 3.23. The van der Waals surface area contributed by atoms with Crippen LogP contribution >= 0.6 is 0 Å². The first-order valence-corrected chi connectivity index (χ1v) is 12.5. The van der Waals surface area contributed by atoms with Crippen LogP contribution in [-0.4, -0.2) is 56.3 Å². The Kier molecular flexibility index (Phi) is 4.34. The number of carbonyl (C=O) groups excluding carboxylic acids is 1. The number of benzene rings is 2. The van der Waals surface area contributed by atoms with E-state index in [1.807, 2.05) is 12.1 Å². The second kappa shape index (κ2) is 6.56. The Labute approximate surface area is 183 Å². The topological polar surface area (TPSA) is 86.7 Å². The quantitative estimate of drug-likeness (QED) is 0.760. The predicted octanol–water partition coefficient (Wildman–Crippen LogP) is 2.04. The lowest BCUT2D eigenvalue weighted by molar-refractivity contribution is -0.123. The van der Waals surface area contributed by atoms with Gasteiger partial charge in [0.15, 0.2) is 9.84 Å². The predicted molar refractivity (Wildman–Crippen MR) is 118 cm³/mol. The zero-order valence-corrected chi connectivity index (χ0v) is 18.9. The number of phenolic OH excluding ortho intramolecular Hbond substituents is 1. The summed E-state index contributed by atoms with van der Waals surface area (Å²) in [5, 5.41) is 13.4. The average molecular weight is 441 g/mol. The van der Waals surface area contributed by atoms with Gasteiger partial charge in [-0.25, -0.2) is 8.42 Å². The van der Waals surface area contributed by atoms with E-state index in [1.54, 1.807) is 30.3 Å². The molecule has 164 valence electrons. The van der Waals surface area contributed by atoms with Gasteiger partial charge >= 0.3 is 0 Å². The van der Waals surface area contributed by atoms with Crippen LogP contribution < -0.4 is 5.32 Å². The highest BCUT2D eigenvalue weighted by Crippen LogP contribution is 2.63. The van der Waals surface area contributed by atoms with Gasteiger partial charge in [0.25, 0.3) is 0 Å². The maximum absolute atomic E-state index is 13.0. The maximum atomic E-state index is 13.0. The lowest BCUT2D eigenvalue weighted by Crippen LogP contribution is -2.67. The second-order valence-electron chi connectivity index (χ2n) is 9.97. The standard InChI is InChI=1S/C24H28N2O4S/c1-23-13-24(12-16-6-7-17(27)11-19(16)23)14-26(2)22(24)21(23)25-20(28)10-15-4-8-18(9-5-15)31(3,29)30/h4-9,11,21-22,27H,10,12-14H2,1-3H3,(H,25,28)/t21-,22-,23+,24?/m0/s1.